The van der Waals surface area contributed by atoms with Gasteiger partial charge in [0.25, 0.3) is 10.0 Å². The van der Waals surface area contributed by atoms with Gasteiger partial charge in [-0.1, -0.05) is 42.5 Å². The number of rotatable bonds is 5. The number of sulfonamides is 1. The highest BCUT2D eigenvalue weighted by Crippen LogP contribution is 2.43. The number of thiophene rings is 1. The largest absolute Gasteiger partial charge is 0.453 e. The van der Waals surface area contributed by atoms with Crippen molar-refractivity contribution in [3.8, 4) is 11.5 Å². The zero-order chi connectivity index (χ0) is 14.7. The molecule has 1 aromatic heterocycles. The number of hydrogen-bond acceptors (Lipinski definition) is 5. The lowest BCUT2D eigenvalue weighted by Crippen LogP contribution is -2.23. The summed E-state index contributed by atoms with van der Waals surface area (Å²) < 4.78 is 37.4. The Morgan fingerprint density at radius 1 is 1.24 bits per heavy atom. The zero-order valence-corrected chi connectivity index (χ0v) is 12.6. The molecule has 2 heterocycles. The third-order valence-corrected chi connectivity index (χ3v) is 5.74. The number of hydrogen-bond donors (Lipinski definition) is 1. The normalized spacial score (nSPS) is 13.9. The Hall–Kier alpha value is -1.83. The standard InChI is InChI=1S/C14H13NO4S2/c16-21(17,14-13-12(9-20-14)18-10-19-13)15-8-4-7-11-5-2-1-3-6-11/h1-7,9,15H,8,10H2. The molecule has 0 bridgehead atoms. The van der Waals surface area contributed by atoms with Gasteiger partial charge in [0.15, 0.2) is 15.7 Å². The van der Waals surface area contributed by atoms with Gasteiger partial charge >= 0.3 is 0 Å². The minimum atomic E-state index is -3.58. The summed E-state index contributed by atoms with van der Waals surface area (Å²) in [5.41, 5.74) is 1.02. The second-order valence-corrected chi connectivity index (χ2v) is 7.13. The minimum absolute atomic E-state index is 0.0641. The Kier molecular flexibility index (Phi) is 3.96. The summed E-state index contributed by atoms with van der Waals surface area (Å²) in [4.78, 5) is 0. The van der Waals surface area contributed by atoms with Crippen LogP contribution in [0.15, 0.2) is 46.0 Å². The van der Waals surface area contributed by atoms with E-state index in [-0.39, 0.29) is 17.5 Å². The van der Waals surface area contributed by atoms with E-state index >= 15 is 0 Å². The van der Waals surface area contributed by atoms with Gasteiger partial charge < -0.3 is 9.47 Å². The quantitative estimate of drug-likeness (QED) is 0.918. The SMILES string of the molecule is O=S(=O)(NCC=Cc1ccccc1)c1scc2c1OCO2. The predicted octanol–water partition coefficient (Wildman–Crippen LogP) is 2.47. The molecule has 1 aromatic carbocycles. The lowest BCUT2D eigenvalue weighted by atomic mass is 10.2. The number of fused-ring (bicyclic) bond motifs is 1. The van der Waals surface area contributed by atoms with Crippen LogP contribution in [-0.4, -0.2) is 21.8 Å². The second-order valence-electron chi connectivity index (χ2n) is 4.29. The molecule has 1 aliphatic heterocycles. The summed E-state index contributed by atoms with van der Waals surface area (Å²) in [7, 11) is -3.58. The Labute approximate surface area is 126 Å². The lowest BCUT2D eigenvalue weighted by molar-refractivity contribution is 0.172. The average molecular weight is 323 g/mol. The summed E-state index contributed by atoms with van der Waals surface area (Å²) in [6.45, 7) is 0.277. The third kappa shape index (κ3) is 3.10. The van der Waals surface area contributed by atoms with Gasteiger partial charge in [0.05, 0.1) is 0 Å². The molecular weight excluding hydrogens is 310 g/mol. The predicted molar refractivity (Wildman–Crippen MR) is 81.1 cm³/mol. The van der Waals surface area contributed by atoms with Crippen LogP contribution in [0, 0.1) is 0 Å². The monoisotopic (exact) mass is 323 g/mol. The highest BCUT2D eigenvalue weighted by Gasteiger charge is 2.28. The molecule has 1 aliphatic rings. The van der Waals surface area contributed by atoms with E-state index in [0.29, 0.717) is 11.5 Å². The van der Waals surface area contributed by atoms with Gasteiger partial charge in [-0.25, -0.2) is 13.1 Å². The van der Waals surface area contributed by atoms with Gasteiger partial charge in [-0.15, -0.1) is 11.3 Å². The molecule has 0 aliphatic carbocycles. The number of ether oxygens (including phenoxy) is 2. The Morgan fingerprint density at radius 3 is 2.86 bits per heavy atom. The zero-order valence-electron chi connectivity index (χ0n) is 11.0. The molecule has 110 valence electrons. The molecule has 2 aromatic rings. The summed E-state index contributed by atoms with van der Waals surface area (Å²) in [6.07, 6.45) is 3.62. The van der Waals surface area contributed by atoms with E-state index in [0.717, 1.165) is 16.9 Å². The molecule has 0 fully saturated rings. The van der Waals surface area contributed by atoms with E-state index in [1.165, 1.54) is 0 Å². The molecule has 0 atom stereocenters. The summed E-state index contributed by atoms with van der Waals surface area (Å²) in [5, 5.41) is 1.64. The van der Waals surface area contributed by atoms with E-state index in [2.05, 4.69) is 4.72 Å². The lowest BCUT2D eigenvalue weighted by Gasteiger charge is -2.03. The van der Waals surface area contributed by atoms with Crippen LogP contribution in [0.25, 0.3) is 6.08 Å². The number of benzene rings is 1. The average Bonchev–Trinajstić information content (AvgIpc) is 3.07. The van der Waals surface area contributed by atoms with Crippen molar-refractivity contribution in [3.63, 3.8) is 0 Å². The molecule has 1 N–H and O–H groups in total. The van der Waals surface area contributed by atoms with Crippen LogP contribution < -0.4 is 14.2 Å². The second kappa shape index (κ2) is 5.88. The Morgan fingerprint density at radius 2 is 2.05 bits per heavy atom. The van der Waals surface area contributed by atoms with Crippen molar-refractivity contribution in [1.29, 1.82) is 0 Å². The molecule has 5 nitrogen and oxygen atoms in total. The van der Waals surface area contributed by atoms with Gasteiger partial charge in [-0.2, -0.15) is 0 Å². The van der Waals surface area contributed by atoms with E-state index in [1.807, 2.05) is 36.4 Å². The van der Waals surface area contributed by atoms with E-state index in [1.54, 1.807) is 11.5 Å². The Bertz CT molecular complexity index is 751. The Balaban J connectivity index is 1.65. The van der Waals surface area contributed by atoms with Crippen LogP contribution in [0.2, 0.25) is 0 Å². The van der Waals surface area contributed by atoms with Crippen molar-refractivity contribution in [2.75, 3.05) is 13.3 Å². The fourth-order valence-corrected chi connectivity index (χ4v) is 4.20. The molecule has 0 spiro atoms. The van der Waals surface area contributed by atoms with Gasteiger partial charge in [-0.3, -0.25) is 0 Å². The van der Waals surface area contributed by atoms with Crippen molar-refractivity contribution in [3.05, 3.63) is 47.4 Å². The van der Waals surface area contributed by atoms with Crippen LogP contribution in [-0.2, 0) is 10.0 Å². The van der Waals surface area contributed by atoms with Crippen LogP contribution in [0.5, 0.6) is 11.5 Å². The number of nitrogens with one attached hydrogen (secondary N) is 1. The smallest absolute Gasteiger partial charge is 0.254 e. The molecule has 0 saturated heterocycles. The molecule has 0 saturated carbocycles. The van der Waals surface area contributed by atoms with Crippen molar-refractivity contribution >= 4 is 27.4 Å². The molecule has 7 heteroatoms. The van der Waals surface area contributed by atoms with Crippen molar-refractivity contribution < 1.29 is 17.9 Å². The first-order chi connectivity index (χ1) is 10.2. The summed E-state index contributed by atoms with van der Waals surface area (Å²) in [6, 6.07) is 9.68. The minimum Gasteiger partial charge on any atom is -0.453 e. The van der Waals surface area contributed by atoms with Gasteiger partial charge in [0.2, 0.25) is 6.79 Å². The first kappa shape index (κ1) is 14.1. The molecule has 0 unspecified atom stereocenters. The van der Waals surface area contributed by atoms with Crippen LogP contribution in [0.4, 0.5) is 0 Å². The highest BCUT2D eigenvalue weighted by molar-refractivity contribution is 7.91. The van der Waals surface area contributed by atoms with Crippen LogP contribution >= 0.6 is 11.3 Å². The van der Waals surface area contributed by atoms with Crippen molar-refractivity contribution in [2.24, 2.45) is 0 Å². The van der Waals surface area contributed by atoms with Crippen LogP contribution in [0.1, 0.15) is 5.56 Å². The maximum Gasteiger partial charge on any atom is 0.254 e. The molecule has 0 radical (unpaired) electrons. The maximum atomic E-state index is 12.2. The van der Waals surface area contributed by atoms with Crippen molar-refractivity contribution in [2.45, 2.75) is 4.21 Å². The fraction of sp³-hybridized carbons (Fsp3) is 0.143. The summed E-state index contributed by atoms with van der Waals surface area (Å²) >= 11 is 1.09. The first-order valence-corrected chi connectivity index (χ1v) is 8.61. The molecule has 3 rings (SSSR count). The topological polar surface area (TPSA) is 64.6 Å². The van der Waals surface area contributed by atoms with Gasteiger partial charge in [0, 0.05) is 11.9 Å². The van der Waals surface area contributed by atoms with Crippen LogP contribution in [0.3, 0.4) is 0 Å². The van der Waals surface area contributed by atoms with Gasteiger partial charge in [-0.05, 0) is 5.56 Å². The molecule has 21 heavy (non-hydrogen) atoms. The van der Waals surface area contributed by atoms with Crippen molar-refractivity contribution in [1.82, 2.24) is 4.72 Å². The third-order valence-electron chi connectivity index (χ3n) is 2.85. The van der Waals surface area contributed by atoms with Gasteiger partial charge in [0.1, 0.15) is 0 Å². The molecular formula is C14H13NO4S2. The summed E-state index contributed by atoms with van der Waals surface area (Å²) in [5.74, 6) is 0.791. The van der Waals surface area contributed by atoms with E-state index in [4.69, 9.17) is 9.47 Å². The molecule has 0 amide bonds. The fourth-order valence-electron chi connectivity index (χ4n) is 1.86. The first-order valence-electron chi connectivity index (χ1n) is 6.25. The van der Waals surface area contributed by atoms with E-state index < -0.39 is 10.0 Å². The van der Waals surface area contributed by atoms with E-state index in [9.17, 15) is 8.42 Å². The maximum absolute atomic E-state index is 12.2. The highest BCUT2D eigenvalue weighted by atomic mass is 32.2.